The minimum atomic E-state index is 0.154. The van der Waals surface area contributed by atoms with Crippen LogP contribution in [0.5, 0.6) is 0 Å². The number of nitrogens with zero attached hydrogens (tertiary/aromatic N) is 4. The topological polar surface area (TPSA) is 58.3 Å². The second-order valence-electron chi connectivity index (χ2n) is 6.57. The summed E-state index contributed by atoms with van der Waals surface area (Å²) < 4.78 is 0. The van der Waals surface area contributed by atoms with E-state index in [1.807, 2.05) is 6.20 Å². The van der Waals surface area contributed by atoms with Gasteiger partial charge in [-0.2, -0.15) is 0 Å². The maximum absolute atomic E-state index is 5.89. The van der Waals surface area contributed by atoms with Gasteiger partial charge < -0.3 is 10.6 Å². The van der Waals surface area contributed by atoms with Crippen LogP contribution in [-0.4, -0.2) is 47.1 Å². The van der Waals surface area contributed by atoms with Crippen molar-refractivity contribution < 1.29 is 0 Å². The van der Waals surface area contributed by atoms with Crippen molar-refractivity contribution in [2.45, 2.75) is 45.7 Å². The summed E-state index contributed by atoms with van der Waals surface area (Å²) in [6.07, 6.45) is 1.95. The number of hydrogen-bond donors (Lipinski definition) is 1. The van der Waals surface area contributed by atoms with Crippen LogP contribution in [0, 0.1) is 0 Å². The second-order valence-corrected chi connectivity index (χ2v) is 6.57. The molecule has 5 heteroatoms. The molecular formula is C15H27N5. The summed E-state index contributed by atoms with van der Waals surface area (Å²) in [6.45, 7) is 12.2. The van der Waals surface area contributed by atoms with Crippen LogP contribution in [0.4, 0.5) is 5.69 Å². The Kier molecular flexibility index (Phi) is 4.30. The standard InChI is InChI=1S/C15H27N5/c1-11(2)14-17-9-13(12(8-16)18-14)20-7-6-19(5)15(3,4)10-20/h9,11H,6-8,10,16H2,1-5H3. The monoisotopic (exact) mass is 277 g/mol. The van der Waals surface area contributed by atoms with E-state index in [2.05, 4.69) is 54.5 Å². The normalized spacial score (nSPS) is 19.6. The summed E-state index contributed by atoms with van der Waals surface area (Å²) in [5.41, 5.74) is 8.11. The molecule has 0 amide bonds. The quantitative estimate of drug-likeness (QED) is 0.909. The minimum Gasteiger partial charge on any atom is -0.366 e. The van der Waals surface area contributed by atoms with Crippen LogP contribution in [0.2, 0.25) is 0 Å². The maximum atomic E-state index is 5.89. The molecule has 1 fully saturated rings. The number of nitrogens with two attached hydrogens (primary N) is 1. The van der Waals surface area contributed by atoms with E-state index >= 15 is 0 Å². The van der Waals surface area contributed by atoms with E-state index in [4.69, 9.17) is 5.73 Å². The van der Waals surface area contributed by atoms with E-state index in [1.165, 1.54) is 0 Å². The molecule has 5 nitrogen and oxygen atoms in total. The van der Waals surface area contributed by atoms with Crippen molar-refractivity contribution >= 4 is 5.69 Å². The van der Waals surface area contributed by atoms with E-state index in [-0.39, 0.29) is 5.54 Å². The predicted octanol–water partition coefficient (Wildman–Crippen LogP) is 1.59. The molecule has 1 aromatic heterocycles. The molecule has 0 aliphatic carbocycles. The predicted molar refractivity (Wildman–Crippen MR) is 82.9 cm³/mol. The zero-order valence-electron chi connectivity index (χ0n) is 13.3. The highest BCUT2D eigenvalue weighted by Gasteiger charge is 2.32. The fraction of sp³-hybridized carbons (Fsp3) is 0.733. The molecule has 2 N–H and O–H groups in total. The first-order valence-electron chi connectivity index (χ1n) is 7.37. The molecule has 2 heterocycles. The van der Waals surface area contributed by atoms with Crippen LogP contribution < -0.4 is 10.6 Å². The molecule has 0 radical (unpaired) electrons. The van der Waals surface area contributed by atoms with E-state index in [0.29, 0.717) is 12.5 Å². The van der Waals surface area contributed by atoms with Gasteiger partial charge in [-0.25, -0.2) is 9.97 Å². The summed E-state index contributed by atoms with van der Waals surface area (Å²) in [4.78, 5) is 13.9. The van der Waals surface area contributed by atoms with Gasteiger partial charge in [0.1, 0.15) is 5.82 Å². The van der Waals surface area contributed by atoms with Crippen molar-refractivity contribution in [2.75, 3.05) is 31.6 Å². The van der Waals surface area contributed by atoms with Crippen LogP contribution in [0.1, 0.15) is 45.1 Å². The van der Waals surface area contributed by atoms with Crippen molar-refractivity contribution in [1.29, 1.82) is 0 Å². The van der Waals surface area contributed by atoms with Crippen LogP contribution in [0.3, 0.4) is 0 Å². The molecular weight excluding hydrogens is 250 g/mol. The molecule has 2 rings (SSSR count). The fourth-order valence-electron chi connectivity index (χ4n) is 2.56. The largest absolute Gasteiger partial charge is 0.366 e. The number of hydrogen-bond acceptors (Lipinski definition) is 5. The highest BCUT2D eigenvalue weighted by Crippen LogP contribution is 2.26. The van der Waals surface area contributed by atoms with Gasteiger partial charge in [0.15, 0.2) is 0 Å². The smallest absolute Gasteiger partial charge is 0.131 e. The Morgan fingerprint density at radius 3 is 2.60 bits per heavy atom. The Bertz CT molecular complexity index is 469. The first kappa shape index (κ1) is 15.2. The van der Waals surface area contributed by atoms with E-state index < -0.39 is 0 Å². The number of aromatic nitrogens is 2. The third-order valence-corrected chi connectivity index (χ3v) is 4.23. The highest BCUT2D eigenvalue weighted by molar-refractivity contribution is 5.50. The Balaban J connectivity index is 2.29. The van der Waals surface area contributed by atoms with E-state index in [0.717, 1.165) is 36.8 Å². The van der Waals surface area contributed by atoms with Crippen molar-refractivity contribution in [2.24, 2.45) is 5.73 Å². The van der Waals surface area contributed by atoms with Gasteiger partial charge in [0.25, 0.3) is 0 Å². The first-order chi connectivity index (χ1) is 9.35. The summed E-state index contributed by atoms with van der Waals surface area (Å²) in [5.74, 6) is 1.21. The van der Waals surface area contributed by atoms with Gasteiger partial charge in [-0.1, -0.05) is 13.8 Å². The maximum Gasteiger partial charge on any atom is 0.131 e. The Morgan fingerprint density at radius 2 is 2.05 bits per heavy atom. The summed E-state index contributed by atoms with van der Waals surface area (Å²) >= 11 is 0. The molecule has 112 valence electrons. The molecule has 0 spiro atoms. The van der Waals surface area contributed by atoms with Gasteiger partial charge in [0.05, 0.1) is 17.6 Å². The van der Waals surface area contributed by atoms with Crippen molar-refractivity contribution in [3.8, 4) is 0 Å². The zero-order valence-corrected chi connectivity index (χ0v) is 13.3. The highest BCUT2D eigenvalue weighted by atomic mass is 15.3. The van der Waals surface area contributed by atoms with Gasteiger partial charge >= 0.3 is 0 Å². The average Bonchev–Trinajstić information content (AvgIpc) is 2.41. The van der Waals surface area contributed by atoms with Gasteiger partial charge in [0.2, 0.25) is 0 Å². The zero-order chi connectivity index (χ0) is 14.9. The molecule has 0 aromatic carbocycles. The lowest BCUT2D eigenvalue weighted by molar-refractivity contribution is 0.138. The molecule has 0 unspecified atom stereocenters. The molecule has 1 aliphatic heterocycles. The number of likely N-dealkylation sites (N-methyl/N-ethyl adjacent to an activating group) is 1. The van der Waals surface area contributed by atoms with Crippen molar-refractivity contribution in [3.05, 3.63) is 17.7 Å². The molecule has 0 atom stereocenters. The van der Waals surface area contributed by atoms with Gasteiger partial charge in [-0.3, -0.25) is 4.90 Å². The Morgan fingerprint density at radius 1 is 1.35 bits per heavy atom. The summed E-state index contributed by atoms with van der Waals surface area (Å²) in [5, 5.41) is 0. The average molecular weight is 277 g/mol. The lowest BCUT2D eigenvalue weighted by Gasteiger charge is -2.46. The summed E-state index contributed by atoms with van der Waals surface area (Å²) in [6, 6.07) is 0. The number of rotatable bonds is 3. The van der Waals surface area contributed by atoms with Crippen LogP contribution in [0.25, 0.3) is 0 Å². The third kappa shape index (κ3) is 2.94. The molecule has 1 aromatic rings. The molecule has 20 heavy (non-hydrogen) atoms. The molecule has 0 bridgehead atoms. The minimum absolute atomic E-state index is 0.154. The van der Waals surface area contributed by atoms with Gasteiger partial charge in [0, 0.05) is 37.6 Å². The van der Waals surface area contributed by atoms with Crippen LogP contribution in [0.15, 0.2) is 6.20 Å². The second kappa shape index (κ2) is 5.66. The Hall–Kier alpha value is -1.20. The van der Waals surface area contributed by atoms with Crippen LogP contribution in [-0.2, 0) is 6.54 Å². The first-order valence-corrected chi connectivity index (χ1v) is 7.37. The molecule has 0 saturated carbocycles. The Labute approximate surface area is 122 Å². The lowest BCUT2D eigenvalue weighted by Crippen LogP contribution is -2.58. The van der Waals surface area contributed by atoms with E-state index in [1.54, 1.807) is 0 Å². The SMILES string of the molecule is CC(C)c1ncc(N2CCN(C)C(C)(C)C2)c(CN)n1. The van der Waals surface area contributed by atoms with Crippen molar-refractivity contribution in [1.82, 2.24) is 14.9 Å². The van der Waals surface area contributed by atoms with Crippen LogP contribution >= 0.6 is 0 Å². The molecule has 1 aliphatic rings. The van der Waals surface area contributed by atoms with E-state index in [9.17, 15) is 0 Å². The lowest BCUT2D eigenvalue weighted by atomic mass is 9.99. The van der Waals surface area contributed by atoms with Crippen molar-refractivity contribution in [3.63, 3.8) is 0 Å². The summed E-state index contributed by atoms with van der Waals surface area (Å²) in [7, 11) is 2.18. The van der Waals surface area contributed by atoms with Gasteiger partial charge in [-0.05, 0) is 20.9 Å². The molecule has 1 saturated heterocycles. The van der Waals surface area contributed by atoms with Gasteiger partial charge in [-0.15, -0.1) is 0 Å². The third-order valence-electron chi connectivity index (χ3n) is 4.23. The number of anilines is 1. The number of piperazine rings is 1. The fourth-order valence-corrected chi connectivity index (χ4v) is 2.56.